The minimum Gasteiger partial charge on any atom is -0.469 e. The van der Waals surface area contributed by atoms with Gasteiger partial charge in [0.1, 0.15) is 10.9 Å². The highest BCUT2D eigenvalue weighted by molar-refractivity contribution is 6.30. The fourth-order valence-electron chi connectivity index (χ4n) is 2.16. The van der Waals surface area contributed by atoms with Crippen molar-refractivity contribution in [2.75, 3.05) is 5.32 Å². The summed E-state index contributed by atoms with van der Waals surface area (Å²) in [5.74, 6) is 1.08. The van der Waals surface area contributed by atoms with Crippen molar-refractivity contribution in [1.29, 1.82) is 0 Å². The van der Waals surface area contributed by atoms with E-state index in [2.05, 4.69) is 10.3 Å². The number of amides is 1. The Labute approximate surface area is 115 Å². The number of rotatable bonds is 3. The lowest BCUT2D eigenvalue weighted by atomic mass is 10.2. The highest BCUT2D eigenvalue weighted by atomic mass is 35.5. The van der Waals surface area contributed by atoms with E-state index in [4.69, 9.17) is 16.0 Å². The molecule has 3 rings (SSSR count). The first kappa shape index (κ1) is 12.2. The van der Waals surface area contributed by atoms with E-state index in [0.29, 0.717) is 10.8 Å². The van der Waals surface area contributed by atoms with E-state index in [1.165, 1.54) is 0 Å². The van der Waals surface area contributed by atoms with Crippen molar-refractivity contribution in [3.8, 4) is 0 Å². The highest BCUT2D eigenvalue weighted by Gasteiger charge is 2.45. The molecule has 4 nitrogen and oxygen atoms in total. The molecule has 19 heavy (non-hydrogen) atoms. The van der Waals surface area contributed by atoms with E-state index in [0.717, 1.165) is 17.7 Å². The number of anilines is 1. The summed E-state index contributed by atoms with van der Waals surface area (Å²) in [7, 11) is 0. The number of pyridine rings is 1. The third-order valence-electron chi connectivity index (χ3n) is 3.32. The van der Waals surface area contributed by atoms with E-state index in [1.807, 2.05) is 25.1 Å². The molecule has 1 amide bonds. The number of hydrogen-bond acceptors (Lipinski definition) is 3. The molecule has 2 aromatic rings. The Morgan fingerprint density at radius 3 is 3.11 bits per heavy atom. The number of furan rings is 1. The molecular formula is C14H13ClN2O2. The van der Waals surface area contributed by atoms with Crippen molar-refractivity contribution in [3.63, 3.8) is 0 Å². The molecule has 2 aromatic heterocycles. The molecule has 0 bridgehead atoms. The van der Waals surface area contributed by atoms with Crippen LogP contribution < -0.4 is 5.32 Å². The van der Waals surface area contributed by atoms with Gasteiger partial charge in [-0.15, -0.1) is 0 Å². The molecule has 1 aliphatic carbocycles. The lowest BCUT2D eigenvalue weighted by Gasteiger charge is -2.05. The lowest BCUT2D eigenvalue weighted by molar-refractivity contribution is -0.117. The van der Waals surface area contributed by atoms with E-state index < -0.39 is 0 Å². The van der Waals surface area contributed by atoms with Gasteiger partial charge in [0.2, 0.25) is 5.91 Å². The lowest BCUT2D eigenvalue weighted by Crippen LogP contribution is -2.14. The first-order chi connectivity index (χ1) is 9.15. The normalized spacial score (nSPS) is 21.2. The van der Waals surface area contributed by atoms with Crippen LogP contribution in [0.25, 0.3) is 0 Å². The smallest absolute Gasteiger partial charge is 0.228 e. The van der Waals surface area contributed by atoms with Gasteiger partial charge in [-0.1, -0.05) is 11.6 Å². The van der Waals surface area contributed by atoms with E-state index in [-0.39, 0.29) is 17.7 Å². The number of nitrogens with one attached hydrogen (secondary N) is 1. The molecule has 1 fully saturated rings. The summed E-state index contributed by atoms with van der Waals surface area (Å²) in [6.07, 6.45) is 4.03. The van der Waals surface area contributed by atoms with Gasteiger partial charge in [-0.3, -0.25) is 4.79 Å². The molecule has 0 spiro atoms. The summed E-state index contributed by atoms with van der Waals surface area (Å²) in [6.45, 7) is 1.85. The molecule has 0 aliphatic heterocycles. The maximum absolute atomic E-state index is 12.1. The first-order valence-corrected chi connectivity index (χ1v) is 6.49. The Kier molecular flexibility index (Phi) is 3.03. The minimum atomic E-state index is -0.0119. The molecule has 1 saturated carbocycles. The van der Waals surface area contributed by atoms with Crippen LogP contribution in [0.4, 0.5) is 5.69 Å². The molecule has 1 aliphatic rings. The zero-order chi connectivity index (χ0) is 13.4. The molecule has 0 unspecified atom stereocenters. The maximum atomic E-state index is 12.1. The summed E-state index contributed by atoms with van der Waals surface area (Å²) < 4.78 is 5.31. The molecule has 5 heteroatoms. The molecule has 1 N–H and O–H groups in total. The fraction of sp³-hybridized carbons (Fsp3) is 0.286. The molecule has 0 radical (unpaired) electrons. The molecule has 0 saturated heterocycles. The number of carbonyl (C=O) groups excluding carboxylic acids is 1. The number of carbonyl (C=O) groups is 1. The number of nitrogens with zero attached hydrogens (tertiary/aromatic N) is 1. The Morgan fingerprint density at radius 2 is 2.42 bits per heavy atom. The number of halogens is 1. The van der Waals surface area contributed by atoms with Gasteiger partial charge < -0.3 is 9.73 Å². The second kappa shape index (κ2) is 4.70. The van der Waals surface area contributed by atoms with Gasteiger partial charge >= 0.3 is 0 Å². The van der Waals surface area contributed by atoms with Crippen LogP contribution in [0.1, 0.15) is 23.7 Å². The molecule has 2 heterocycles. The Balaban J connectivity index is 1.65. The van der Waals surface area contributed by atoms with Crippen LogP contribution >= 0.6 is 11.6 Å². The predicted molar refractivity (Wildman–Crippen MR) is 72.2 cm³/mol. The Bertz CT molecular complexity index is 610. The van der Waals surface area contributed by atoms with Crippen LogP contribution in [0.2, 0.25) is 5.15 Å². The Morgan fingerprint density at radius 1 is 1.58 bits per heavy atom. The SMILES string of the molecule is Cc1cc(NC(=O)[C@@H]2C[C@H]2c2ccco2)cnc1Cl. The van der Waals surface area contributed by atoms with Crippen molar-refractivity contribution < 1.29 is 9.21 Å². The van der Waals surface area contributed by atoms with Crippen molar-refractivity contribution in [1.82, 2.24) is 4.98 Å². The summed E-state index contributed by atoms with van der Waals surface area (Å²) in [5, 5.41) is 3.32. The predicted octanol–water partition coefficient (Wildman–Crippen LogP) is 3.38. The Hall–Kier alpha value is -1.81. The maximum Gasteiger partial charge on any atom is 0.228 e. The number of aryl methyl sites for hydroxylation is 1. The van der Waals surface area contributed by atoms with Gasteiger partial charge in [0.05, 0.1) is 18.1 Å². The summed E-state index contributed by atoms with van der Waals surface area (Å²) in [4.78, 5) is 16.1. The summed E-state index contributed by atoms with van der Waals surface area (Å²) >= 11 is 5.85. The van der Waals surface area contributed by atoms with Gasteiger partial charge in [0.25, 0.3) is 0 Å². The van der Waals surface area contributed by atoms with Crippen molar-refractivity contribution >= 4 is 23.2 Å². The monoisotopic (exact) mass is 276 g/mol. The van der Waals surface area contributed by atoms with Gasteiger partial charge in [0.15, 0.2) is 0 Å². The quantitative estimate of drug-likeness (QED) is 0.875. The highest BCUT2D eigenvalue weighted by Crippen LogP contribution is 2.48. The fourth-order valence-corrected chi connectivity index (χ4v) is 2.27. The largest absolute Gasteiger partial charge is 0.469 e. The summed E-state index contributed by atoms with van der Waals surface area (Å²) in [6, 6.07) is 5.57. The van der Waals surface area contributed by atoms with Crippen LogP contribution in [0.3, 0.4) is 0 Å². The zero-order valence-electron chi connectivity index (χ0n) is 10.4. The van der Waals surface area contributed by atoms with Gasteiger partial charge in [-0.2, -0.15) is 0 Å². The first-order valence-electron chi connectivity index (χ1n) is 6.11. The standard InChI is InChI=1S/C14H13ClN2O2/c1-8-5-9(7-16-13(8)15)17-14(18)11-6-10(11)12-3-2-4-19-12/h2-5,7,10-11H,6H2,1H3,(H,17,18)/t10-,11-/m1/s1. The van der Waals surface area contributed by atoms with Crippen LogP contribution in [0.5, 0.6) is 0 Å². The molecule has 2 atom stereocenters. The average Bonchev–Trinajstić information content (AvgIpc) is 3.01. The second-order valence-corrected chi connectivity index (χ2v) is 5.14. The van der Waals surface area contributed by atoms with Crippen LogP contribution in [-0.4, -0.2) is 10.9 Å². The molecule has 0 aromatic carbocycles. The van der Waals surface area contributed by atoms with Crippen LogP contribution in [0, 0.1) is 12.8 Å². The summed E-state index contributed by atoms with van der Waals surface area (Å²) in [5.41, 5.74) is 1.52. The topological polar surface area (TPSA) is 55.1 Å². The van der Waals surface area contributed by atoms with Crippen LogP contribution in [-0.2, 0) is 4.79 Å². The average molecular weight is 277 g/mol. The van der Waals surface area contributed by atoms with Gasteiger partial charge in [-0.05, 0) is 37.1 Å². The third-order valence-corrected chi connectivity index (χ3v) is 3.71. The van der Waals surface area contributed by atoms with E-state index in [9.17, 15) is 4.79 Å². The zero-order valence-corrected chi connectivity index (χ0v) is 11.1. The second-order valence-electron chi connectivity index (χ2n) is 4.79. The van der Waals surface area contributed by atoms with Gasteiger partial charge in [-0.25, -0.2) is 4.98 Å². The van der Waals surface area contributed by atoms with Crippen molar-refractivity contribution in [2.24, 2.45) is 5.92 Å². The molecular weight excluding hydrogens is 264 g/mol. The van der Waals surface area contributed by atoms with Crippen molar-refractivity contribution in [2.45, 2.75) is 19.3 Å². The number of hydrogen-bond donors (Lipinski definition) is 1. The van der Waals surface area contributed by atoms with E-state index >= 15 is 0 Å². The van der Waals surface area contributed by atoms with Crippen LogP contribution in [0.15, 0.2) is 35.1 Å². The van der Waals surface area contributed by atoms with Gasteiger partial charge in [0, 0.05) is 11.8 Å². The van der Waals surface area contributed by atoms with E-state index in [1.54, 1.807) is 12.5 Å². The third kappa shape index (κ3) is 2.49. The van der Waals surface area contributed by atoms with Crippen molar-refractivity contribution in [3.05, 3.63) is 47.1 Å². The minimum absolute atomic E-state index is 0.00456. The molecule has 98 valence electrons. The number of aromatic nitrogens is 1.